The summed E-state index contributed by atoms with van der Waals surface area (Å²) >= 11 is 0. The van der Waals surface area contributed by atoms with Gasteiger partial charge in [0.1, 0.15) is 0 Å². The van der Waals surface area contributed by atoms with Gasteiger partial charge in [-0.25, -0.2) is 0 Å². The van der Waals surface area contributed by atoms with Crippen LogP contribution < -0.4 is 0 Å². The second-order valence-electron chi connectivity index (χ2n) is 8.20. The molecule has 2 rings (SSSR count). The van der Waals surface area contributed by atoms with Crippen LogP contribution in [0, 0.1) is 23.7 Å². The van der Waals surface area contributed by atoms with Crippen molar-refractivity contribution in [1.82, 2.24) is 0 Å². The average Bonchev–Trinajstić information content (AvgIpc) is 2.58. The van der Waals surface area contributed by atoms with Crippen LogP contribution in [-0.2, 0) is 0 Å². The van der Waals surface area contributed by atoms with Gasteiger partial charge in [-0.15, -0.1) is 0 Å². The maximum atomic E-state index is 2.49. The van der Waals surface area contributed by atoms with Crippen LogP contribution in [0.3, 0.4) is 0 Å². The Bertz CT molecular complexity index is 287. The lowest BCUT2D eigenvalue weighted by Gasteiger charge is -2.28. The highest BCUT2D eigenvalue weighted by molar-refractivity contribution is 4.90. The van der Waals surface area contributed by atoms with Gasteiger partial charge >= 0.3 is 0 Å². The van der Waals surface area contributed by atoms with E-state index in [9.17, 15) is 0 Å². The van der Waals surface area contributed by atoms with Crippen LogP contribution in [0.15, 0.2) is 12.2 Å². The van der Waals surface area contributed by atoms with Crippen molar-refractivity contribution in [1.29, 1.82) is 0 Å². The highest BCUT2D eigenvalue weighted by atomic mass is 14.3. The summed E-state index contributed by atoms with van der Waals surface area (Å²) in [6.45, 7) is 4.62. The molecule has 0 aromatic heterocycles. The Balaban J connectivity index is 1.49. The molecule has 2 aliphatic carbocycles. The predicted molar refractivity (Wildman–Crippen MR) is 99.1 cm³/mol. The Morgan fingerprint density at radius 3 is 1.68 bits per heavy atom. The molecule has 0 bridgehead atoms. The largest absolute Gasteiger partial charge is 0.0885 e. The predicted octanol–water partition coefficient (Wildman–Crippen LogP) is 7.54. The van der Waals surface area contributed by atoms with Gasteiger partial charge in [0.05, 0.1) is 0 Å². The van der Waals surface area contributed by atoms with Crippen LogP contribution in [0.2, 0.25) is 0 Å². The van der Waals surface area contributed by atoms with E-state index in [0.29, 0.717) is 0 Å². The molecule has 0 aromatic rings. The first-order valence-corrected chi connectivity index (χ1v) is 10.5. The summed E-state index contributed by atoms with van der Waals surface area (Å²) < 4.78 is 0. The lowest BCUT2D eigenvalue weighted by molar-refractivity contribution is 0.247. The number of hydrogen-bond acceptors (Lipinski definition) is 0. The van der Waals surface area contributed by atoms with Gasteiger partial charge in [-0.2, -0.15) is 0 Å². The van der Waals surface area contributed by atoms with E-state index in [4.69, 9.17) is 0 Å². The van der Waals surface area contributed by atoms with Crippen molar-refractivity contribution in [3.05, 3.63) is 12.2 Å². The fourth-order valence-electron chi connectivity index (χ4n) is 4.79. The van der Waals surface area contributed by atoms with E-state index in [0.717, 1.165) is 23.7 Å². The highest BCUT2D eigenvalue weighted by Crippen LogP contribution is 2.35. The fraction of sp³-hybridized carbons (Fsp3) is 0.909. The quantitative estimate of drug-likeness (QED) is 0.321. The lowest BCUT2D eigenvalue weighted by atomic mass is 9.77. The molecule has 0 spiro atoms. The second-order valence-corrected chi connectivity index (χ2v) is 8.20. The van der Waals surface area contributed by atoms with Gasteiger partial charge in [-0.3, -0.25) is 0 Å². The van der Waals surface area contributed by atoms with E-state index in [2.05, 4.69) is 26.0 Å². The van der Waals surface area contributed by atoms with Crippen LogP contribution in [0.4, 0.5) is 0 Å². The van der Waals surface area contributed by atoms with Gasteiger partial charge in [0.25, 0.3) is 0 Å². The molecule has 128 valence electrons. The number of allylic oxidation sites excluding steroid dienone is 2. The molecular weight excluding hydrogens is 264 g/mol. The van der Waals surface area contributed by atoms with Crippen LogP contribution in [-0.4, -0.2) is 0 Å². The van der Waals surface area contributed by atoms with Gasteiger partial charge < -0.3 is 0 Å². The summed E-state index contributed by atoms with van der Waals surface area (Å²) in [4.78, 5) is 0. The van der Waals surface area contributed by atoms with Crippen LogP contribution in [0.5, 0.6) is 0 Å². The summed E-state index contributed by atoms with van der Waals surface area (Å²) in [5, 5.41) is 0. The topological polar surface area (TPSA) is 0 Å². The SMILES string of the molecule is CCC=CC1CCC(CCCCC2CCC(CC)CC2)CC1. The van der Waals surface area contributed by atoms with Gasteiger partial charge in [-0.05, 0) is 55.8 Å². The van der Waals surface area contributed by atoms with Crippen molar-refractivity contribution in [3.63, 3.8) is 0 Å². The molecule has 22 heavy (non-hydrogen) atoms. The molecule has 0 heteroatoms. The van der Waals surface area contributed by atoms with Gasteiger partial charge in [0.2, 0.25) is 0 Å². The third kappa shape index (κ3) is 6.47. The van der Waals surface area contributed by atoms with Gasteiger partial charge in [0.15, 0.2) is 0 Å². The smallest absolute Gasteiger partial charge is 0.0233 e. The molecule has 2 aliphatic rings. The zero-order valence-electron chi connectivity index (χ0n) is 15.4. The van der Waals surface area contributed by atoms with Crippen molar-refractivity contribution < 1.29 is 0 Å². The molecule has 0 aromatic carbocycles. The summed E-state index contributed by atoms with van der Waals surface area (Å²) in [5.41, 5.74) is 0. The minimum atomic E-state index is 0.907. The minimum Gasteiger partial charge on any atom is -0.0885 e. The number of unbranched alkanes of at least 4 members (excludes halogenated alkanes) is 1. The summed E-state index contributed by atoms with van der Waals surface area (Å²) in [7, 11) is 0. The molecule has 0 nitrogen and oxygen atoms in total. The number of hydrogen-bond donors (Lipinski definition) is 0. The molecule has 0 aliphatic heterocycles. The molecule has 0 unspecified atom stereocenters. The summed E-state index contributed by atoms with van der Waals surface area (Å²) in [6, 6.07) is 0. The van der Waals surface area contributed by atoms with E-state index in [1.165, 1.54) is 89.9 Å². The first-order valence-electron chi connectivity index (χ1n) is 10.5. The molecule has 2 saturated carbocycles. The summed E-state index contributed by atoms with van der Waals surface area (Å²) in [6.07, 6.45) is 25.6. The molecule has 2 fully saturated rings. The Labute approximate surface area is 140 Å². The Kier molecular flexibility index (Phi) is 8.63. The average molecular weight is 305 g/mol. The van der Waals surface area contributed by atoms with Crippen molar-refractivity contribution in [2.75, 3.05) is 0 Å². The van der Waals surface area contributed by atoms with Crippen molar-refractivity contribution in [2.45, 2.75) is 104 Å². The van der Waals surface area contributed by atoms with Gasteiger partial charge in [0, 0.05) is 0 Å². The van der Waals surface area contributed by atoms with E-state index >= 15 is 0 Å². The van der Waals surface area contributed by atoms with E-state index in [-0.39, 0.29) is 0 Å². The van der Waals surface area contributed by atoms with E-state index in [1.54, 1.807) is 0 Å². The maximum absolute atomic E-state index is 2.49. The molecule has 0 atom stereocenters. The molecule has 0 saturated heterocycles. The Hall–Kier alpha value is -0.260. The molecule has 0 N–H and O–H groups in total. The summed E-state index contributed by atoms with van der Waals surface area (Å²) in [5.74, 6) is 4.11. The normalized spacial score (nSPS) is 33.4. The monoisotopic (exact) mass is 304 g/mol. The first kappa shape index (κ1) is 18.1. The van der Waals surface area contributed by atoms with Crippen LogP contribution in [0.1, 0.15) is 104 Å². The Morgan fingerprint density at radius 2 is 1.18 bits per heavy atom. The van der Waals surface area contributed by atoms with Crippen molar-refractivity contribution in [3.8, 4) is 0 Å². The molecule has 0 radical (unpaired) electrons. The van der Waals surface area contributed by atoms with Crippen LogP contribution >= 0.6 is 0 Å². The van der Waals surface area contributed by atoms with E-state index < -0.39 is 0 Å². The zero-order valence-corrected chi connectivity index (χ0v) is 15.4. The fourth-order valence-corrected chi connectivity index (χ4v) is 4.79. The molecule has 0 amide bonds. The zero-order chi connectivity index (χ0) is 15.6. The standard InChI is InChI=1S/C22H40/c1-3-5-8-20-15-17-22(18-16-20)10-7-6-9-21-13-11-19(4-2)12-14-21/h5,8,19-22H,3-4,6-7,9-18H2,1-2H3. The lowest BCUT2D eigenvalue weighted by Crippen LogP contribution is -2.14. The molecular formula is C22H40. The third-order valence-corrected chi connectivity index (χ3v) is 6.55. The second kappa shape index (κ2) is 10.5. The maximum Gasteiger partial charge on any atom is -0.0233 e. The third-order valence-electron chi connectivity index (χ3n) is 6.55. The first-order chi connectivity index (χ1) is 10.8. The van der Waals surface area contributed by atoms with E-state index in [1.807, 2.05) is 0 Å². The van der Waals surface area contributed by atoms with Crippen molar-refractivity contribution in [2.24, 2.45) is 23.7 Å². The minimum absolute atomic E-state index is 0.907. The molecule has 0 heterocycles. The van der Waals surface area contributed by atoms with Crippen molar-refractivity contribution >= 4 is 0 Å². The van der Waals surface area contributed by atoms with Gasteiger partial charge in [-0.1, -0.05) is 83.8 Å². The number of rotatable bonds is 8. The highest BCUT2D eigenvalue weighted by Gasteiger charge is 2.21. The Morgan fingerprint density at radius 1 is 0.682 bits per heavy atom. The van der Waals surface area contributed by atoms with Crippen LogP contribution in [0.25, 0.3) is 0 Å².